The molecule has 0 fully saturated rings. The molecular formula is C21H15F4N3O3. The lowest BCUT2D eigenvalue weighted by Crippen LogP contribution is -2.25. The standard InChI is InChI=1S/C21H15F4N3O3/c1-30-20(29)16-17(12-7-3-2-4-8-12)28-31-18(16)13(11-26)19(21(23,24)25)27-15-10-6-5-9-14(15)22/h2-11H,26H2,1H3. The van der Waals surface area contributed by atoms with Gasteiger partial charge in [0, 0.05) is 11.8 Å². The number of halogens is 4. The number of allylic oxidation sites excluding steroid dienone is 1. The summed E-state index contributed by atoms with van der Waals surface area (Å²) < 4.78 is 65.4. The minimum atomic E-state index is -5.07. The summed E-state index contributed by atoms with van der Waals surface area (Å²) in [5, 5.41) is 3.74. The van der Waals surface area contributed by atoms with Gasteiger partial charge in [-0.3, -0.25) is 0 Å². The first-order valence-electron chi connectivity index (χ1n) is 8.74. The number of carbonyl (C=O) groups is 1. The lowest BCUT2D eigenvalue weighted by molar-refractivity contribution is -0.0572. The summed E-state index contributed by atoms with van der Waals surface area (Å²) in [6.07, 6.45) is -4.50. The Balaban J connectivity index is 2.25. The van der Waals surface area contributed by atoms with Crippen LogP contribution in [0.25, 0.3) is 16.8 Å². The van der Waals surface area contributed by atoms with Crippen LogP contribution in [0.4, 0.5) is 23.2 Å². The number of alkyl halides is 3. The number of nitrogens with two attached hydrogens (primary N) is 1. The van der Waals surface area contributed by atoms with E-state index in [1.54, 1.807) is 30.3 Å². The van der Waals surface area contributed by atoms with E-state index in [2.05, 4.69) is 10.1 Å². The maximum Gasteiger partial charge on any atom is 0.434 e. The normalized spacial score (nSPS) is 12.7. The summed E-state index contributed by atoms with van der Waals surface area (Å²) in [7, 11) is 1.05. The molecule has 10 heteroatoms. The molecule has 0 amide bonds. The van der Waals surface area contributed by atoms with Crippen LogP contribution in [0.5, 0.6) is 0 Å². The number of benzene rings is 2. The van der Waals surface area contributed by atoms with Crippen molar-refractivity contribution < 1.29 is 31.6 Å². The second-order valence-electron chi connectivity index (χ2n) is 6.08. The van der Waals surface area contributed by atoms with Crippen molar-refractivity contribution in [3.8, 4) is 11.3 Å². The van der Waals surface area contributed by atoms with Crippen molar-refractivity contribution in [1.82, 2.24) is 5.16 Å². The van der Waals surface area contributed by atoms with Crippen LogP contribution in [-0.2, 0) is 4.74 Å². The number of carbonyl (C=O) groups excluding carboxylic acids is 1. The van der Waals surface area contributed by atoms with E-state index in [0.717, 1.165) is 19.2 Å². The molecule has 2 N–H and O–H groups in total. The Morgan fingerprint density at radius 3 is 2.35 bits per heavy atom. The topological polar surface area (TPSA) is 90.7 Å². The van der Waals surface area contributed by atoms with Gasteiger partial charge in [0.05, 0.1) is 18.4 Å². The summed E-state index contributed by atoms with van der Waals surface area (Å²) in [5.74, 6) is -2.58. The van der Waals surface area contributed by atoms with Crippen LogP contribution in [0.3, 0.4) is 0 Å². The van der Waals surface area contributed by atoms with E-state index in [0.29, 0.717) is 11.8 Å². The number of methoxy groups -OCH3 is 1. The van der Waals surface area contributed by atoms with Crippen molar-refractivity contribution in [2.75, 3.05) is 7.11 Å². The maximum atomic E-state index is 14.0. The van der Waals surface area contributed by atoms with Crippen LogP contribution < -0.4 is 5.73 Å². The fraction of sp³-hybridized carbons (Fsp3) is 0.0952. The third-order valence-electron chi connectivity index (χ3n) is 4.15. The third-order valence-corrected chi connectivity index (χ3v) is 4.15. The van der Waals surface area contributed by atoms with Gasteiger partial charge in [0.1, 0.15) is 17.1 Å². The molecule has 3 rings (SSSR count). The van der Waals surface area contributed by atoms with Gasteiger partial charge in [0.2, 0.25) is 0 Å². The zero-order chi connectivity index (χ0) is 22.6. The second-order valence-corrected chi connectivity index (χ2v) is 6.08. The van der Waals surface area contributed by atoms with E-state index in [1.807, 2.05) is 0 Å². The molecule has 2 aromatic carbocycles. The first-order chi connectivity index (χ1) is 14.8. The van der Waals surface area contributed by atoms with Gasteiger partial charge >= 0.3 is 12.1 Å². The molecule has 0 aliphatic heterocycles. The van der Waals surface area contributed by atoms with Crippen LogP contribution in [0.1, 0.15) is 16.1 Å². The van der Waals surface area contributed by atoms with Crippen molar-refractivity contribution in [3.63, 3.8) is 0 Å². The summed E-state index contributed by atoms with van der Waals surface area (Å²) in [4.78, 5) is 15.8. The van der Waals surface area contributed by atoms with Gasteiger partial charge in [0.25, 0.3) is 0 Å². The van der Waals surface area contributed by atoms with Crippen LogP contribution in [0, 0.1) is 5.82 Å². The highest BCUT2D eigenvalue weighted by atomic mass is 19.4. The smallest absolute Gasteiger partial charge is 0.434 e. The second kappa shape index (κ2) is 8.82. The Hall–Kier alpha value is -3.95. The van der Waals surface area contributed by atoms with Gasteiger partial charge in [-0.15, -0.1) is 0 Å². The van der Waals surface area contributed by atoms with E-state index in [9.17, 15) is 22.4 Å². The molecule has 31 heavy (non-hydrogen) atoms. The molecule has 0 bridgehead atoms. The Morgan fingerprint density at radius 2 is 1.77 bits per heavy atom. The predicted molar refractivity (Wildman–Crippen MR) is 105 cm³/mol. The van der Waals surface area contributed by atoms with Crippen molar-refractivity contribution >= 4 is 22.9 Å². The fourth-order valence-electron chi connectivity index (χ4n) is 2.76. The molecule has 1 aromatic heterocycles. The molecule has 0 saturated heterocycles. The quantitative estimate of drug-likeness (QED) is 0.351. The van der Waals surface area contributed by atoms with Gasteiger partial charge in [0.15, 0.2) is 11.5 Å². The van der Waals surface area contributed by atoms with E-state index in [4.69, 9.17) is 15.0 Å². The number of para-hydroxylation sites is 1. The first kappa shape index (κ1) is 21.8. The van der Waals surface area contributed by atoms with Crippen LogP contribution in [0.15, 0.2) is 70.3 Å². The minimum Gasteiger partial charge on any atom is -0.465 e. The van der Waals surface area contributed by atoms with Gasteiger partial charge < -0.3 is 15.0 Å². The van der Waals surface area contributed by atoms with Gasteiger partial charge in [-0.05, 0) is 12.1 Å². The number of aliphatic imine (C=N–C) groups is 1. The minimum absolute atomic E-state index is 0.0470. The Bertz CT molecular complexity index is 1150. The SMILES string of the molecule is COC(=O)c1c(-c2ccccc2)noc1C(=CN)C(=Nc1ccccc1F)C(F)(F)F. The van der Waals surface area contributed by atoms with Crippen molar-refractivity contribution in [2.45, 2.75) is 6.18 Å². The zero-order valence-electron chi connectivity index (χ0n) is 16.0. The van der Waals surface area contributed by atoms with Crippen molar-refractivity contribution in [1.29, 1.82) is 0 Å². The molecule has 6 nitrogen and oxygen atoms in total. The van der Waals surface area contributed by atoms with Crippen LogP contribution >= 0.6 is 0 Å². The summed E-state index contributed by atoms with van der Waals surface area (Å²) >= 11 is 0. The van der Waals surface area contributed by atoms with Gasteiger partial charge in [-0.25, -0.2) is 14.2 Å². The first-order valence-corrected chi connectivity index (χ1v) is 8.74. The molecule has 0 spiro atoms. The Kier molecular flexibility index (Phi) is 6.19. The van der Waals surface area contributed by atoms with Crippen molar-refractivity contribution in [2.24, 2.45) is 10.7 Å². The third kappa shape index (κ3) is 4.47. The molecule has 0 saturated carbocycles. The van der Waals surface area contributed by atoms with E-state index in [1.165, 1.54) is 12.1 Å². The molecule has 0 aliphatic rings. The highest BCUT2D eigenvalue weighted by Gasteiger charge is 2.42. The van der Waals surface area contributed by atoms with Crippen LogP contribution in [0.2, 0.25) is 0 Å². The van der Waals surface area contributed by atoms with Gasteiger partial charge in [-0.1, -0.05) is 47.6 Å². The van der Waals surface area contributed by atoms with E-state index >= 15 is 0 Å². The number of hydrogen-bond donors (Lipinski definition) is 1. The largest absolute Gasteiger partial charge is 0.465 e. The summed E-state index contributed by atoms with van der Waals surface area (Å²) in [6, 6.07) is 12.8. The molecule has 0 aliphatic carbocycles. The Morgan fingerprint density at radius 1 is 1.13 bits per heavy atom. The van der Waals surface area contributed by atoms with Crippen molar-refractivity contribution in [3.05, 3.63) is 77.9 Å². The molecule has 160 valence electrons. The van der Waals surface area contributed by atoms with Gasteiger partial charge in [-0.2, -0.15) is 13.2 Å². The molecule has 3 aromatic rings. The Labute approximate surface area is 173 Å². The molecule has 0 atom stereocenters. The molecule has 0 radical (unpaired) electrons. The molecule has 0 unspecified atom stereocenters. The average molecular weight is 433 g/mol. The average Bonchev–Trinajstić information content (AvgIpc) is 3.19. The van der Waals surface area contributed by atoms with Crippen LogP contribution in [-0.4, -0.2) is 30.1 Å². The number of aromatic nitrogens is 1. The monoisotopic (exact) mass is 433 g/mol. The number of nitrogens with zero attached hydrogens (tertiary/aromatic N) is 2. The molecule has 1 heterocycles. The summed E-state index contributed by atoms with van der Waals surface area (Å²) in [5.41, 5.74) is 2.51. The highest BCUT2D eigenvalue weighted by Crippen LogP contribution is 2.36. The number of rotatable bonds is 5. The summed E-state index contributed by atoms with van der Waals surface area (Å²) in [6.45, 7) is 0. The zero-order valence-corrected chi connectivity index (χ0v) is 16.0. The lowest BCUT2D eigenvalue weighted by Gasteiger charge is -2.13. The van der Waals surface area contributed by atoms with E-state index in [-0.39, 0.29) is 11.3 Å². The fourth-order valence-corrected chi connectivity index (χ4v) is 2.76. The highest BCUT2D eigenvalue weighted by molar-refractivity contribution is 6.28. The van der Waals surface area contributed by atoms with E-state index < -0.39 is 40.7 Å². The molecular weight excluding hydrogens is 418 g/mol. The predicted octanol–water partition coefficient (Wildman–Crippen LogP) is 4.90. The number of hydrogen-bond acceptors (Lipinski definition) is 6. The maximum absolute atomic E-state index is 14.0. The number of ether oxygens (including phenoxy) is 1. The number of esters is 1. The lowest BCUT2D eigenvalue weighted by atomic mass is 10.00.